The number of furan rings is 1. The van der Waals surface area contributed by atoms with Crippen LogP contribution in [0.15, 0.2) is 101 Å². The number of hydrogen-bond donors (Lipinski definition) is 1. The first-order valence-corrected chi connectivity index (χ1v) is 10.3. The molecule has 6 nitrogen and oxygen atoms in total. The smallest absolute Gasteiger partial charge is 0.287 e. The molecule has 1 aromatic heterocycles. The molecule has 1 heterocycles. The van der Waals surface area contributed by atoms with Crippen LogP contribution in [-0.4, -0.2) is 17.4 Å². The molecule has 0 aliphatic rings. The molecule has 1 amide bonds. The lowest BCUT2D eigenvalue weighted by atomic mass is 9.88. The van der Waals surface area contributed by atoms with Crippen LogP contribution in [0.3, 0.4) is 0 Å². The average Bonchev–Trinajstić information content (AvgIpc) is 3.33. The van der Waals surface area contributed by atoms with Gasteiger partial charge in [-0.1, -0.05) is 60.7 Å². The molecule has 4 rings (SSSR count). The second-order valence-electron chi connectivity index (χ2n) is 7.39. The molecule has 0 saturated heterocycles. The summed E-state index contributed by atoms with van der Waals surface area (Å²) in [5, 5.41) is 13.7. The number of amides is 1. The number of nitro benzene ring substituents is 1. The van der Waals surface area contributed by atoms with Gasteiger partial charge < -0.3 is 9.73 Å². The molecule has 6 heteroatoms. The number of rotatable bonds is 8. The predicted molar refractivity (Wildman–Crippen MR) is 122 cm³/mol. The zero-order valence-electron chi connectivity index (χ0n) is 17.3. The van der Waals surface area contributed by atoms with Gasteiger partial charge in [-0.2, -0.15) is 0 Å². The average molecular weight is 426 g/mol. The summed E-state index contributed by atoms with van der Waals surface area (Å²) in [5.74, 6) is 0.564. The lowest BCUT2D eigenvalue weighted by Gasteiger charge is -2.18. The monoisotopic (exact) mass is 426 g/mol. The van der Waals surface area contributed by atoms with E-state index in [-0.39, 0.29) is 23.3 Å². The van der Waals surface area contributed by atoms with Crippen molar-refractivity contribution in [1.82, 2.24) is 5.32 Å². The highest BCUT2D eigenvalue weighted by molar-refractivity contribution is 5.92. The Labute approximate surface area is 185 Å². The van der Waals surface area contributed by atoms with E-state index in [0.29, 0.717) is 17.9 Å². The van der Waals surface area contributed by atoms with Crippen molar-refractivity contribution in [2.24, 2.45) is 0 Å². The molecule has 0 bridgehead atoms. The Morgan fingerprint density at radius 3 is 2.00 bits per heavy atom. The van der Waals surface area contributed by atoms with Gasteiger partial charge in [0.1, 0.15) is 5.76 Å². The van der Waals surface area contributed by atoms with Gasteiger partial charge in [0.05, 0.1) is 4.92 Å². The molecule has 0 radical (unpaired) electrons. The van der Waals surface area contributed by atoms with E-state index in [4.69, 9.17) is 4.42 Å². The largest absolute Gasteiger partial charge is 0.451 e. The van der Waals surface area contributed by atoms with Gasteiger partial charge in [0.15, 0.2) is 5.76 Å². The van der Waals surface area contributed by atoms with Crippen molar-refractivity contribution >= 4 is 11.6 Å². The Morgan fingerprint density at radius 2 is 1.44 bits per heavy atom. The number of nitrogens with zero attached hydrogens (tertiary/aromatic N) is 1. The highest BCUT2D eigenvalue weighted by Gasteiger charge is 2.16. The standard InChI is InChI=1S/C26H22N2O4/c29-26(25-16-15-24(32-25)21-11-13-22(14-12-21)28(30)31)27-18-17-23(19-7-3-1-4-8-19)20-9-5-2-6-10-20/h1-16,23H,17-18H2,(H,27,29). The molecule has 0 spiro atoms. The first-order chi connectivity index (χ1) is 15.6. The second-order valence-corrected chi connectivity index (χ2v) is 7.39. The van der Waals surface area contributed by atoms with Crippen molar-refractivity contribution in [2.75, 3.05) is 6.54 Å². The maximum Gasteiger partial charge on any atom is 0.287 e. The quantitative estimate of drug-likeness (QED) is 0.285. The molecule has 32 heavy (non-hydrogen) atoms. The van der Waals surface area contributed by atoms with Crippen LogP contribution in [-0.2, 0) is 0 Å². The molecular formula is C26H22N2O4. The fourth-order valence-corrected chi connectivity index (χ4v) is 3.68. The van der Waals surface area contributed by atoms with Crippen LogP contribution in [0.5, 0.6) is 0 Å². The van der Waals surface area contributed by atoms with Crippen LogP contribution in [0, 0.1) is 10.1 Å². The molecule has 160 valence electrons. The Hall–Kier alpha value is -4.19. The Bertz CT molecular complexity index is 1150. The lowest BCUT2D eigenvalue weighted by Crippen LogP contribution is -2.25. The summed E-state index contributed by atoms with van der Waals surface area (Å²) in [6, 6.07) is 29.8. The van der Waals surface area contributed by atoms with Crippen molar-refractivity contribution in [3.05, 3.63) is 124 Å². The van der Waals surface area contributed by atoms with Crippen LogP contribution < -0.4 is 5.32 Å². The number of benzene rings is 3. The van der Waals surface area contributed by atoms with E-state index < -0.39 is 4.92 Å². The number of non-ortho nitro benzene ring substituents is 1. The predicted octanol–water partition coefficient (Wildman–Crippen LogP) is 5.81. The second kappa shape index (κ2) is 9.75. The summed E-state index contributed by atoms with van der Waals surface area (Å²) in [4.78, 5) is 22.9. The van der Waals surface area contributed by atoms with Crippen molar-refractivity contribution in [2.45, 2.75) is 12.3 Å². The van der Waals surface area contributed by atoms with E-state index in [1.165, 1.54) is 23.3 Å². The highest BCUT2D eigenvalue weighted by atomic mass is 16.6. The first-order valence-electron chi connectivity index (χ1n) is 10.3. The molecule has 1 N–H and O–H groups in total. The third kappa shape index (κ3) is 4.92. The van der Waals surface area contributed by atoms with Gasteiger partial charge in [-0.25, -0.2) is 0 Å². The van der Waals surface area contributed by atoms with Gasteiger partial charge in [-0.15, -0.1) is 0 Å². The van der Waals surface area contributed by atoms with Gasteiger partial charge >= 0.3 is 0 Å². The summed E-state index contributed by atoms with van der Waals surface area (Å²) in [6.07, 6.45) is 0.746. The summed E-state index contributed by atoms with van der Waals surface area (Å²) in [7, 11) is 0. The third-order valence-corrected chi connectivity index (χ3v) is 5.31. The van der Waals surface area contributed by atoms with Gasteiger partial charge in [-0.05, 0) is 41.8 Å². The Morgan fingerprint density at radius 1 is 0.844 bits per heavy atom. The summed E-state index contributed by atoms with van der Waals surface area (Å²) in [6.45, 7) is 0.487. The number of carbonyl (C=O) groups is 1. The van der Waals surface area contributed by atoms with Crippen LogP contribution in [0.2, 0.25) is 0 Å². The lowest BCUT2D eigenvalue weighted by molar-refractivity contribution is -0.384. The molecule has 0 aliphatic heterocycles. The maximum atomic E-state index is 12.6. The molecule has 0 aliphatic carbocycles. The van der Waals surface area contributed by atoms with Gasteiger partial charge in [-0.3, -0.25) is 14.9 Å². The third-order valence-electron chi connectivity index (χ3n) is 5.31. The highest BCUT2D eigenvalue weighted by Crippen LogP contribution is 2.28. The minimum absolute atomic E-state index is 0.00431. The molecule has 0 unspecified atom stereocenters. The van der Waals surface area contributed by atoms with E-state index in [2.05, 4.69) is 29.6 Å². The van der Waals surface area contributed by atoms with E-state index in [1.807, 2.05) is 36.4 Å². The van der Waals surface area contributed by atoms with Gasteiger partial charge in [0.2, 0.25) is 0 Å². The number of carbonyl (C=O) groups excluding carboxylic acids is 1. The summed E-state index contributed by atoms with van der Waals surface area (Å²) in [5.41, 5.74) is 3.07. The first kappa shape index (κ1) is 21.1. The Kier molecular flexibility index (Phi) is 6.41. The summed E-state index contributed by atoms with van der Waals surface area (Å²) >= 11 is 0. The van der Waals surface area contributed by atoms with Crippen LogP contribution in [0.25, 0.3) is 11.3 Å². The van der Waals surface area contributed by atoms with E-state index in [0.717, 1.165) is 6.42 Å². The molecule has 0 fully saturated rings. The van der Waals surface area contributed by atoms with Crippen molar-refractivity contribution in [3.8, 4) is 11.3 Å². The Balaban J connectivity index is 1.40. The molecule has 4 aromatic rings. The van der Waals surface area contributed by atoms with Crippen LogP contribution in [0.4, 0.5) is 5.69 Å². The van der Waals surface area contributed by atoms with Crippen LogP contribution >= 0.6 is 0 Å². The van der Waals surface area contributed by atoms with E-state index in [1.54, 1.807) is 24.3 Å². The minimum atomic E-state index is -0.455. The zero-order chi connectivity index (χ0) is 22.3. The molecule has 0 saturated carbocycles. The zero-order valence-corrected chi connectivity index (χ0v) is 17.3. The topological polar surface area (TPSA) is 85.4 Å². The number of hydrogen-bond acceptors (Lipinski definition) is 4. The molecular weight excluding hydrogens is 404 g/mol. The number of nitrogens with one attached hydrogen (secondary N) is 1. The van der Waals surface area contributed by atoms with E-state index in [9.17, 15) is 14.9 Å². The molecule has 0 atom stereocenters. The number of nitro groups is 1. The van der Waals surface area contributed by atoms with E-state index >= 15 is 0 Å². The normalized spacial score (nSPS) is 10.8. The minimum Gasteiger partial charge on any atom is -0.451 e. The maximum absolute atomic E-state index is 12.6. The summed E-state index contributed by atoms with van der Waals surface area (Å²) < 4.78 is 5.68. The fraction of sp³-hybridized carbons (Fsp3) is 0.115. The van der Waals surface area contributed by atoms with Crippen LogP contribution in [0.1, 0.15) is 34.0 Å². The van der Waals surface area contributed by atoms with Crippen molar-refractivity contribution in [1.29, 1.82) is 0 Å². The molecule has 3 aromatic carbocycles. The van der Waals surface area contributed by atoms with Gasteiger partial charge in [0, 0.05) is 30.2 Å². The van der Waals surface area contributed by atoms with Crippen molar-refractivity contribution < 1.29 is 14.1 Å². The van der Waals surface area contributed by atoms with Crippen molar-refractivity contribution in [3.63, 3.8) is 0 Å². The fourth-order valence-electron chi connectivity index (χ4n) is 3.68. The van der Waals surface area contributed by atoms with Gasteiger partial charge in [0.25, 0.3) is 11.6 Å². The SMILES string of the molecule is O=C(NCCC(c1ccccc1)c1ccccc1)c1ccc(-c2ccc([N+](=O)[O-])cc2)o1.